The highest BCUT2D eigenvalue weighted by Gasteiger charge is 2.37. The molecule has 10 heteroatoms. The zero-order chi connectivity index (χ0) is 63.7. The van der Waals surface area contributed by atoms with Crippen LogP contribution in [0.25, 0.3) is 176 Å². The highest BCUT2D eigenvalue weighted by molar-refractivity contribution is 6.17. The lowest BCUT2D eigenvalue weighted by atomic mass is 9.93. The molecule has 0 fully saturated rings. The zero-order valence-corrected chi connectivity index (χ0v) is 51.1. The van der Waals surface area contributed by atoms with Gasteiger partial charge in [0.1, 0.15) is 0 Å². The van der Waals surface area contributed by atoms with E-state index in [0.717, 1.165) is 143 Å². The van der Waals surface area contributed by atoms with E-state index in [4.69, 9.17) is 0 Å². The molecule has 0 spiro atoms. The molecule has 0 unspecified atom stereocenters. The van der Waals surface area contributed by atoms with Gasteiger partial charge in [0.15, 0.2) is 0 Å². The SMILES string of the molecule is N#Cc1ccc(-n2c3ccc(-n4c5ccccc5c5ccccc54)cc3c3cc(-n4c5ccccc5c5ccccc54)ccc32)c(-c2c(-n3c4ccc(-n5c6ccccc6c6ccccc65)cc4c4cc(-n5c6ccccc6c6ccccc65)ccc43)cccc2C(F)(F)F)c1. The van der Waals surface area contributed by atoms with E-state index < -0.39 is 11.7 Å². The summed E-state index contributed by atoms with van der Waals surface area (Å²) >= 11 is 0. The first-order valence-electron chi connectivity index (χ1n) is 32.1. The second-order valence-corrected chi connectivity index (χ2v) is 25.0. The van der Waals surface area contributed by atoms with Crippen LogP contribution in [0.15, 0.2) is 303 Å². The first-order valence-corrected chi connectivity index (χ1v) is 32.1. The number of hydrogen-bond acceptors (Lipinski definition) is 1. The summed E-state index contributed by atoms with van der Waals surface area (Å²) in [6.45, 7) is 0. The van der Waals surface area contributed by atoms with E-state index in [1.165, 1.54) is 12.1 Å². The molecule has 0 N–H and O–H groups in total. The van der Waals surface area contributed by atoms with E-state index in [1.807, 2.05) is 10.6 Å². The Kier molecular flexibility index (Phi) is 11.3. The molecule has 0 amide bonds. The average Bonchev–Trinajstić information content (AvgIpc) is 1.53. The molecule has 0 aliphatic rings. The Morgan fingerprint density at radius 3 is 0.792 bits per heavy atom. The van der Waals surface area contributed by atoms with Crippen molar-refractivity contribution in [1.29, 1.82) is 5.26 Å². The maximum Gasteiger partial charge on any atom is 0.417 e. The summed E-state index contributed by atoms with van der Waals surface area (Å²) in [6.07, 6.45) is -4.85. The van der Waals surface area contributed by atoms with Crippen LogP contribution in [0.2, 0.25) is 0 Å². The predicted molar refractivity (Wildman–Crippen MR) is 388 cm³/mol. The fourth-order valence-electron chi connectivity index (χ4n) is 16.1. The molecule has 96 heavy (non-hydrogen) atoms. The van der Waals surface area contributed by atoms with Crippen molar-refractivity contribution < 1.29 is 13.2 Å². The Hall–Kier alpha value is -12.8. The Balaban J connectivity index is 0.875. The number of halogens is 3. The fraction of sp³-hybridized carbons (Fsp3) is 0.0116. The maximum atomic E-state index is 16.8. The zero-order valence-electron chi connectivity index (χ0n) is 51.1. The number of alkyl halides is 3. The summed E-state index contributed by atoms with van der Waals surface area (Å²) in [4.78, 5) is 0. The van der Waals surface area contributed by atoms with Gasteiger partial charge < -0.3 is 27.4 Å². The summed E-state index contributed by atoms with van der Waals surface area (Å²) in [5.41, 5.74) is 15.3. The number of nitriles is 1. The Bertz CT molecular complexity index is 6240. The maximum absolute atomic E-state index is 16.8. The number of hydrogen-bond donors (Lipinski definition) is 0. The molecule has 0 saturated heterocycles. The normalized spacial score (nSPS) is 12.3. The third-order valence-corrected chi connectivity index (χ3v) is 20.0. The van der Waals surface area contributed by atoms with Crippen LogP contribution in [0.4, 0.5) is 13.2 Å². The smallest absolute Gasteiger partial charge is 0.309 e. The van der Waals surface area contributed by atoms with Gasteiger partial charge in [0, 0.05) is 98.5 Å². The summed E-state index contributed by atoms with van der Waals surface area (Å²) in [5.74, 6) is 0. The van der Waals surface area contributed by atoms with Crippen molar-refractivity contribution in [3.8, 4) is 51.3 Å². The lowest BCUT2D eigenvalue weighted by Crippen LogP contribution is -2.11. The second kappa shape index (κ2) is 20.1. The monoisotopic (exact) mass is 1240 g/mol. The van der Waals surface area contributed by atoms with Crippen LogP contribution < -0.4 is 0 Å². The lowest BCUT2D eigenvalue weighted by molar-refractivity contribution is -0.137. The molecular formula is C86H50F3N7. The molecule has 14 aromatic carbocycles. The largest absolute Gasteiger partial charge is 0.417 e. The Morgan fingerprint density at radius 2 is 0.510 bits per heavy atom. The fourth-order valence-corrected chi connectivity index (χ4v) is 16.1. The molecule has 20 aromatic rings. The predicted octanol–water partition coefficient (Wildman–Crippen LogP) is 22.8. The lowest BCUT2D eigenvalue weighted by Gasteiger charge is -2.23. The number of nitrogens with zero attached hydrogens (tertiary/aromatic N) is 7. The minimum Gasteiger partial charge on any atom is -0.309 e. The molecule has 0 radical (unpaired) electrons. The van der Waals surface area contributed by atoms with E-state index in [1.54, 1.807) is 18.2 Å². The molecule has 450 valence electrons. The van der Waals surface area contributed by atoms with Crippen molar-refractivity contribution in [3.05, 3.63) is 314 Å². The number of benzene rings is 14. The van der Waals surface area contributed by atoms with Crippen LogP contribution in [-0.2, 0) is 6.18 Å². The molecule has 0 aliphatic heterocycles. The van der Waals surface area contributed by atoms with Crippen LogP contribution in [0.5, 0.6) is 0 Å². The Morgan fingerprint density at radius 1 is 0.240 bits per heavy atom. The van der Waals surface area contributed by atoms with Crippen LogP contribution in [0.1, 0.15) is 11.1 Å². The van der Waals surface area contributed by atoms with Gasteiger partial charge in [0.25, 0.3) is 0 Å². The summed E-state index contributed by atoms with van der Waals surface area (Å²) < 4.78 is 63.6. The van der Waals surface area contributed by atoms with Crippen molar-refractivity contribution in [3.63, 3.8) is 0 Å². The first kappa shape index (κ1) is 53.8. The average molecular weight is 1240 g/mol. The number of para-hydroxylation sites is 8. The van der Waals surface area contributed by atoms with Gasteiger partial charge in [-0.3, -0.25) is 0 Å². The highest BCUT2D eigenvalue weighted by atomic mass is 19.4. The molecule has 7 nitrogen and oxygen atoms in total. The summed E-state index contributed by atoms with van der Waals surface area (Å²) in [7, 11) is 0. The van der Waals surface area contributed by atoms with Gasteiger partial charge >= 0.3 is 6.18 Å². The van der Waals surface area contributed by atoms with Crippen LogP contribution in [0, 0.1) is 11.3 Å². The van der Waals surface area contributed by atoms with E-state index in [9.17, 15) is 5.26 Å². The van der Waals surface area contributed by atoms with Gasteiger partial charge in [-0.1, -0.05) is 152 Å². The van der Waals surface area contributed by atoms with E-state index in [2.05, 4.69) is 296 Å². The van der Waals surface area contributed by atoms with Crippen molar-refractivity contribution >= 4 is 131 Å². The molecule has 0 bridgehead atoms. The van der Waals surface area contributed by atoms with Gasteiger partial charge in [-0.2, -0.15) is 18.4 Å². The molecule has 0 aliphatic carbocycles. The van der Waals surface area contributed by atoms with E-state index in [0.29, 0.717) is 22.4 Å². The Labute approximate surface area is 545 Å². The van der Waals surface area contributed by atoms with Crippen LogP contribution >= 0.6 is 0 Å². The van der Waals surface area contributed by atoms with Gasteiger partial charge in [-0.25, -0.2) is 0 Å². The number of rotatable bonds is 7. The molecule has 0 saturated carbocycles. The van der Waals surface area contributed by atoms with Crippen LogP contribution in [0.3, 0.4) is 0 Å². The minimum absolute atomic E-state index is 0.0624. The number of fused-ring (bicyclic) bond motifs is 18. The molecule has 0 atom stereocenters. The third-order valence-electron chi connectivity index (χ3n) is 20.0. The van der Waals surface area contributed by atoms with Crippen molar-refractivity contribution in [2.24, 2.45) is 0 Å². The van der Waals surface area contributed by atoms with E-state index in [-0.39, 0.29) is 16.7 Å². The van der Waals surface area contributed by atoms with Gasteiger partial charge in [-0.15, -0.1) is 0 Å². The summed E-state index contributed by atoms with van der Waals surface area (Å²) in [5, 5.41) is 23.4. The third kappa shape index (κ3) is 7.59. The molecule has 6 heterocycles. The van der Waals surface area contributed by atoms with Crippen molar-refractivity contribution in [2.75, 3.05) is 0 Å². The van der Waals surface area contributed by atoms with Crippen LogP contribution in [-0.4, -0.2) is 27.4 Å². The van der Waals surface area contributed by atoms with Gasteiger partial charge in [-0.05, 0) is 152 Å². The summed E-state index contributed by atoms with van der Waals surface area (Å²) in [6, 6.07) is 105. The van der Waals surface area contributed by atoms with Crippen molar-refractivity contribution in [1.82, 2.24) is 27.4 Å². The molecule has 20 rings (SSSR count). The minimum atomic E-state index is -4.85. The number of aromatic nitrogens is 6. The molecule has 6 aromatic heterocycles. The quantitative estimate of drug-likeness (QED) is 0.157. The van der Waals surface area contributed by atoms with Crippen molar-refractivity contribution in [2.45, 2.75) is 6.18 Å². The standard InChI is InChI=1S/C86H50F3N7/c87-86(88,89)70-26-17-35-84(96-81-44-39-55(93-75-31-13-5-22-61(75)62-23-6-14-32-76(62)93)49-67(81)68-50-56(40-45-82(68)96)94-77-33-15-7-24-63(77)64-25-8-16-34-78(64)94)85(70)69-46-52(51-90)36-41-83(69)95-79-42-37-53(91-71-27-9-1-18-57(71)58-19-2-10-28-72(58)91)47-65(79)66-48-54(38-43-80(66)95)92-73-29-11-3-20-59(73)60-21-4-12-30-74(60)92/h1-50H. The van der Waals surface area contributed by atoms with E-state index >= 15 is 13.2 Å². The van der Waals surface area contributed by atoms with Gasteiger partial charge in [0.2, 0.25) is 0 Å². The highest BCUT2D eigenvalue weighted by Crippen LogP contribution is 2.49. The molecular weight excluding hydrogens is 1190 g/mol. The second-order valence-electron chi connectivity index (χ2n) is 25.0. The topological polar surface area (TPSA) is 53.4 Å². The first-order chi connectivity index (χ1) is 47.3. The van der Waals surface area contributed by atoms with Gasteiger partial charge in [0.05, 0.1) is 94.8 Å².